The summed E-state index contributed by atoms with van der Waals surface area (Å²) in [6.07, 6.45) is 3.30. The molecule has 0 aliphatic heterocycles. The van der Waals surface area contributed by atoms with Crippen molar-refractivity contribution < 1.29 is 0 Å². The average Bonchev–Trinajstić information content (AvgIpc) is 2.85. The second-order valence-corrected chi connectivity index (χ2v) is 3.89. The number of nitrogens with zero attached hydrogens (tertiary/aromatic N) is 5. The van der Waals surface area contributed by atoms with Crippen molar-refractivity contribution in [3.63, 3.8) is 0 Å². The van der Waals surface area contributed by atoms with Crippen LogP contribution in [0.5, 0.6) is 0 Å². The van der Waals surface area contributed by atoms with Crippen LogP contribution in [0.1, 0.15) is 23.9 Å². The lowest BCUT2D eigenvalue weighted by molar-refractivity contribution is 0.721. The van der Waals surface area contributed by atoms with Crippen molar-refractivity contribution in [2.75, 3.05) is 6.54 Å². The first kappa shape index (κ1) is 12.2. The van der Waals surface area contributed by atoms with Crippen molar-refractivity contribution in [3.8, 4) is 11.9 Å². The third kappa shape index (κ3) is 2.52. The van der Waals surface area contributed by atoms with Crippen LogP contribution in [0.15, 0.2) is 18.6 Å². The summed E-state index contributed by atoms with van der Waals surface area (Å²) in [5, 5.41) is 16.0. The molecule has 92 valence electrons. The van der Waals surface area contributed by atoms with E-state index in [1.165, 1.54) is 11.0 Å². The van der Waals surface area contributed by atoms with Gasteiger partial charge in [0.15, 0.2) is 5.82 Å². The van der Waals surface area contributed by atoms with Crippen LogP contribution < -0.4 is 5.32 Å². The summed E-state index contributed by atoms with van der Waals surface area (Å²) in [5.41, 5.74) is 2.12. The van der Waals surface area contributed by atoms with E-state index < -0.39 is 0 Å². The summed E-state index contributed by atoms with van der Waals surface area (Å²) >= 11 is 0. The molecule has 0 amide bonds. The number of hydrogen-bond donors (Lipinski definition) is 1. The highest BCUT2D eigenvalue weighted by Gasteiger charge is 2.07. The van der Waals surface area contributed by atoms with Gasteiger partial charge in [-0.3, -0.25) is 0 Å². The van der Waals surface area contributed by atoms with Crippen molar-refractivity contribution in [1.82, 2.24) is 25.1 Å². The number of nitrogens with one attached hydrogen (secondary N) is 1. The Hall–Kier alpha value is -2.26. The summed E-state index contributed by atoms with van der Waals surface area (Å²) in [6.45, 7) is 5.75. The van der Waals surface area contributed by atoms with E-state index in [0.29, 0.717) is 5.82 Å². The Morgan fingerprint density at radius 2 is 2.28 bits per heavy atom. The summed E-state index contributed by atoms with van der Waals surface area (Å²) in [4.78, 5) is 8.22. The molecule has 0 saturated heterocycles. The van der Waals surface area contributed by atoms with Gasteiger partial charge in [0.25, 0.3) is 5.82 Å². The highest BCUT2D eigenvalue weighted by molar-refractivity contribution is 5.34. The standard InChI is InChI=1S/C12H14N6/c1-3-14-6-10-4-9(2)12(15-7-10)18-8-16-11(5-13)17-18/h4,7-8,14H,3,6H2,1-2H3. The molecule has 0 aromatic carbocycles. The van der Waals surface area contributed by atoms with E-state index in [0.717, 1.165) is 24.2 Å². The van der Waals surface area contributed by atoms with Crippen LogP contribution in [0.4, 0.5) is 0 Å². The molecule has 0 aliphatic rings. The minimum absolute atomic E-state index is 0.146. The molecule has 0 saturated carbocycles. The highest BCUT2D eigenvalue weighted by atomic mass is 15.4. The van der Waals surface area contributed by atoms with Gasteiger partial charge in [0.05, 0.1) is 0 Å². The Bertz CT molecular complexity index is 580. The average molecular weight is 242 g/mol. The molecule has 2 rings (SSSR count). The van der Waals surface area contributed by atoms with Gasteiger partial charge in [-0.1, -0.05) is 6.92 Å². The Balaban J connectivity index is 2.27. The molecule has 0 radical (unpaired) electrons. The smallest absolute Gasteiger partial charge is 0.252 e. The minimum Gasteiger partial charge on any atom is -0.313 e. The van der Waals surface area contributed by atoms with Crippen LogP contribution in [-0.2, 0) is 6.54 Å². The number of hydrogen-bond acceptors (Lipinski definition) is 5. The molecule has 0 unspecified atom stereocenters. The molecule has 1 N–H and O–H groups in total. The first-order valence-electron chi connectivity index (χ1n) is 5.73. The Labute approximate surface area is 105 Å². The van der Waals surface area contributed by atoms with E-state index in [4.69, 9.17) is 5.26 Å². The number of aryl methyl sites for hydroxylation is 1. The molecule has 2 aromatic heterocycles. The van der Waals surface area contributed by atoms with E-state index in [1.54, 1.807) is 6.20 Å². The highest BCUT2D eigenvalue weighted by Crippen LogP contribution is 2.11. The van der Waals surface area contributed by atoms with Crippen molar-refractivity contribution in [2.45, 2.75) is 20.4 Å². The van der Waals surface area contributed by atoms with Gasteiger partial charge in [-0.15, -0.1) is 5.10 Å². The Morgan fingerprint density at radius 1 is 1.44 bits per heavy atom. The molecule has 0 spiro atoms. The van der Waals surface area contributed by atoms with E-state index >= 15 is 0 Å². The molecule has 2 heterocycles. The monoisotopic (exact) mass is 242 g/mol. The third-order valence-electron chi connectivity index (χ3n) is 2.50. The fraction of sp³-hybridized carbons (Fsp3) is 0.333. The van der Waals surface area contributed by atoms with Crippen molar-refractivity contribution in [1.29, 1.82) is 5.26 Å². The SMILES string of the molecule is CCNCc1cnc(-n2cnc(C#N)n2)c(C)c1. The summed E-state index contributed by atoms with van der Waals surface area (Å²) in [5.74, 6) is 0.845. The van der Waals surface area contributed by atoms with E-state index in [-0.39, 0.29) is 5.82 Å². The Morgan fingerprint density at radius 3 is 2.89 bits per heavy atom. The number of nitriles is 1. The fourth-order valence-electron chi connectivity index (χ4n) is 1.65. The van der Waals surface area contributed by atoms with Gasteiger partial charge in [0.2, 0.25) is 0 Å². The lowest BCUT2D eigenvalue weighted by Crippen LogP contribution is -2.12. The lowest BCUT2D eigenvalue weighted by Gasteiger charge is -2.07. The van der Waals surface area contributed by atoms with Gasteiger partial charge in [0.1, 0.15) is 12.4 Å². The predicted molar refractivity (Wildman–Crippen MR) is 66.0 cm³/mol. The summed E-state index contributed by atoms with van der Waals surface area (Å²) in [6, 6.07) is 3.95. The molecule has 0 bridgehead atoms. The number of aromatic nitrogens is 4. The van der Waals surface area contributed by atoms with E-state index in [9.17, 15) is 0 Å². The van der Waals surface area contributed by atoms with Crippen LogP contribution in [0.3, 0.4) is 0 Å². The van der Waals surface area contributed by atoms with Gasteiger partial charge in [-0.25, -0.2) is 14.6 Å². The first-order valence-corrected chi connectivity index (χ1v) is 5.73. The van der Waals surface area contributed by atoms with Gasteiger partial charge >= 0.3 is 0 Å². The maximum absolute atomic E-state index is 8.69. The second kappa shape index (κ2) is 5.38. The Kier molecular flexibility index (Phi) is 3.65. The quantitative estimate of drug-likeness (QED) is 0.863. The van der Waals surface area contributed by atoms with E-state index in [1.807, 2.05) is 13.0 Å². The van der Waals surface area contributed by atoms with Gasteiger partial charge in [0, 0.05) is 12.7 Å². The molecular formula is C12H14N6. The zero-order valence-corrected chi connectivity index (χ0v) is 10.4. The molecule has 6 heteroatoms. The van der Waals surface area contributed by atoms with E-state index in [2.05, 4.69) is 33.4 Å². The topological polar surface area (TPSA) is 79.4 Å². The molecule has 2 aromatic rings. The van der Waals surface area contributed by atoms with Gasteiger partial charge < -0.3 is 5.32 Å². The maximum Gasteiger partial charge on any atom is 0.252 e. The van der Waals surface area contributed by atoms with Crippen LogP contribution in [-0.4, -0.2) is 26.3 Å². The fourth-order valence-corrected chi connectivity index (χ4v) is 1.65. The van der Waals surface area contributed by atoms with Crippen molar-refractivity contribution in [3.05, 3.63) is 35.5 Å². The molecule has 0 fully saturated rings. The zero-order chi connectivity index (χ0) is 13.0. The van der Waals surface area contributed by atoms with Crippen LogP contribution >= 0.6 is 0 Å². The maximum atomic E-state index is 8.69. The van der Waals surface area contributed by atoms with Crippen LogP contribution in [0.2, 0.25) is 0 Å². The summed E-state index contributed by atoms with van der Waals surface area (Å²) < 4.78 is 1.52. The van der Waals surface area contributed by atoms with Crippen molar-refractivity contribution in [2.24, 2.45) is 0 Å². The molecule has 0 atom stereocenters. The van der Waals surface area contributed by atoms with Crippen LogP contribution in [0, 0.1) is 18.3 Å². The zero-order valence-electron chi connectivity index (χ0n) is 10.4. The van der Waals surface area contributed by atoms with Gasteiger partial charge in [-0.05, 0) is 30.7 Å². The summed E-state index contributed by atoms with van der Waals surface area (Å²) in [7, 11) is 0. The predicted octanol–water partition coefficient (Wildman–Crippen LogP) is 0.952. The third-order valence-corrected chi connectivity index (χ3v) is 2.50. The van der Waals surface area contributed by atoms with Crippen LogP contribution in [0.25, 0.3) is 5.82 Å². The number of rotatable bonds is 4. The molecule has 18 heavy (non-hydrogen) atoms. The first-order chi connectivity index (χ1) is 8.74. The normalized spacial score (nSPS) is 10.3. The largest absolute Gasteiger partial charge is 0.313 e. The molecule has 0 aliphatic carbocycles. The van der Waals surface area contributed by atoms with Gasteiger partial charge in [-0.2, -0.15) is 5.26 Å². The second-order valence-electron chi connectivity index (χ2n) is 3.89. The number of pyridine rings is 1. The van der Waals surface area contributed by atoms with Crippen molar-refractivity contribution >= 4 is 0 Å². The lowest BCUT2D eigenvalue weighted by atomic mass is 10.2. The molecular weight excluding hydrogens is 228 g/mol. The molecule has 6 nitrogen and oxygen atoms in total. The minimum atomic E-state index is 0.146.